The van der Waals surface area contributed by atoms with E-state index in [9.17, 15) is 4.79 Å². The van der Waals surface area contributed by atoms with Crippen molar-refractivity contribution in [3.05, 3.63) is 29.8 Å². The van der Waals surface area contributed by atoms with Crippen LogP contribution < -0.4 is 4.74 Å². The number of aliphatic hydroxyl groups is 1. The summed E-state index contributed by atoms with van der Waals surface area (Å²) in [4.78, 5) is 11.5. The van der Waals surface area contributed by atoms with Crippen LogP contribution in [0.4, 0.5) is 0 Å². The summed E-state index contributed by atoms with van der Waals surface area (Å²) in [6, 6.07) is 8.04. The number of carbonyl (C=O) groups is 1. The van der Waals surface area contributed by atoms with Crippen molar-refractivity contribution < 1.29 is 14.6 Å². The largest absolute Gasteiger partial charge is 0.480 e. The first-order valence-electron chi connectivity index (χ1n) is 8.35. The first-order valence-corrected chi connectivity index (χ1v) is 8.35. The van der Waals surface area contributed by atoms with Crippen molar-refractivity contribution in [2.24, 2.45) is 0 Å². The van der Waals surface area contributed by atoms with Gasteiger partial charge < -0.3 is 9.84 Å². The highest BCUT2D eigenvalue weighted by Gasteiger charge is 2.25. The molecule has 0 saturated heterocycles. The molecule has 0 spiro atoms. The smallest absolute Gasteiger partial charge is 0.172 e. The lowest BCUT2D eigenvalue weighted by atomic mass is 10.0. The van der Waals surface area contributed by atoms with Crippen LogP contribution in [0.2, 0.25) is 0 Å². The molecule has 0 aromatic heterocycles. The van der Waals surface area contributed by atoms with E-state index in [1.165, 1.54) is 31.2 Å². The number of benzene rings is 1. The molecule has 0 radical (unpaired) electrons. The van der Waals surface area contributed by atoms with Crippen LogP contribution in [0.5, 0.6) is 5.75 Å². The van der Waals surface area contributed by atoms with E-state index in [4.69, 9.17) is 9.84 Å². The minimum atomic E-state index is -0.772. The Kier molecular flexibility index (Phi) is 8.18. The Morgan fingerprint density at radius 3 is 2.36 bits per heavy atom. The molecule has 1 rings (SSSR count). The fourth-order valence-corrected chi connectivity index (χ4v) is 2.28. The van der Waals surface area contributed by atoms with Crippen LogP contribution in [-0.2, 0) is 11.2 Å². The minimum absolute atomic E-state index is 0.0285. The summed E-state index contributed by atoms with van der Waals surface area (Å²) in [5, 5.41) is 8.73. The van der Waals surface area contributed by atoms with Gasteiger partial charge in [0.2, 0.25) is 0 Å². The summed E-state index contributed by atoms with van der Waals surface area (Å²) < 4.78 is 5.80. The number of hydrogen-bond donors (Lipinski definition) is 1. The average Bonchev–Trinajstić information content (AvgIpc) is 2.46. The SMILES string of the molecule is CC(=O)C(C)(C)Oc1cccc(CCCCCCCCO)c1. The molecule has 0 bridgehead atoms. The standard InChI is InChI=1S/C19H30O3/c1-16(21)19(2,3)22-18-13-10-12-17(15-18)11-8-6-4-5-7-9-14-20/h10,12-13,15,20H,4-9,11,14H2,1-3H3. The molecule has 0 aliphatic carbocycles. The summed E-state index contributed by atoms with van der Waals surface area (Å²) in [5.41, 5.74) is 0.484. The van der Waals surface area contributed by atoms with Gasteiger partial charge in [-0.25, -0.2) is 0 Å². The van der Waals surface area contributed by atoms with Crippen molar-refractivity contribution in [2.45, 2.75) is 71.3 Å². The van der Waals surface area contributed by atoms with Gasteiger partial charge in [0.25, 0.3) is 0 Å². The molecule has 3 heteroatoms. The topological polar surface area (TPSA) is 46.5 Å². The molecule has 1 aromatic rings. The van der Waals surface area contributed by atoms with Crippen LogP contribution in [-0.4, -0.2) is 23.1 Å². The van der Waals surface area contributed by atoms with Crippen molar-refractivity contribution in [1.29, 1.82) is 0 Å². The fraction of sp³-hybridized carbons (Fsp3) is 0.632. The molecule has 0 fully saturated rings. The molecule has 0 heterocycles. The maximum absolute atomic E-state index is 11.5. The van der Waals surface area contributed by atoms with Gasteiger partial charge in [0.15, 0.2) is 11.4 Å². The fourth-order valence-electron chi connectivity index (χ4n) is 2.28. The minimum Gasteiger partial charge on any atom is -0.480 e. The molecule has 3 nitrogen and oxygen atoms in total. The van der Waals surface area contributed by atoms with Crippen LogP contribution in [0.3, 0.4) is 0 Å². The van der Waals surface area contributed by atoms with Crippen LogP contribution in [0.1, 0.15) is 64.9 Å². The maximum Gasteiger partial charge on any atom is 0.172 e. The Hall–Kier alpha value is -1.35. The predicted molar refractivity (Wildman–Crippen MR) is 90.3 cm³/mol. The van der Waals surface area contributed by atoms with Crippen molar-refractivity contribution in [2.75, 3.05) is 6.61 Å². The highest BCUT2D eigenvalue weighted by molar-refractivity contribution is 5.84. The van der Waals surface area contributed by atoms with E-state index in [0.717, 1.165) is 25.0 Å². The summed E-state index contributed by atoms with van der Waals surface area (Å²) in [6.07, 6.45) is 7.90. The molecule has 0 aliphatic heterocycles. The second kappa shape index (κ2) is 9.62. The second-order valence-electron chi connectivity index (χ2n) is 6.41. The van der Waals surface area contributed by atoms with Gasteiger partial charge >= 0.3 is 0 Å². The van der Waals surface area contributed by atoms with Crippen molar-refractivity contribution in [3.63, 3.8) is 0 Å². The van der Waals surface area contributed by atoms with E-state index in [1.54, 1.807) is 20.8 Å². The van der Waals surface area contributed by atoms with Gasteiger partial charge in [0, 0.05) is 6.61 Å². The van der Waals surface area contributed by atoms with Crippen LogP contribution in [0, 0.1) is 0 Å². The lowest BCUT2D eigenvalue weighted by molar-refractivity contribution is -0.129. The van der Waals surface area contributed by atoms with Gasteiger partial charge in [0.05, 0.1) is 0 Å². The number of carbonyl (C=O) groups excluding carboxylic acids is 1. The first kappa shape index (κ1) is 18.7. The molecule has 0 aliphatic rings. The third kappa shape index (κ3) is 7.08. The van der Waals surface area contributed by atoms with Crippen LogP contribution >= 0.6 is 0 Å². The van der Waals surface area contributed by atoms with E-state index < -0.39 is 5.60 Å². The van der Waals surface area contributed by atoms with Gasteiger partial charge in [0.1, 0.15) is 5.75 Å². The Bertz CT molecular complexity index is 452. The third-order valence-electron chi connectivity index (χ3n) is 3.99. The Morgan fingerprint density at radius 2 is 1.73 bits per heavy atom. The number of ether oxygens (including phenoxy) is 1. The Morgan fingerprint density at radius 1 is 1.09 bits per heavy atom. The average molecular weight is 306 g/mol. The number of rotatable bonds is 11. The molecule has 0 atom stereocenters. The second-order valence-corrected chi connectivity index (χ2v) is 6.41. The van der Waals surface area contributed by atoms with Crippen LogP contribution in [0.15, 0.2) is 24.3 Å². The lowest BCUT2D eigenvalue weighted by Crippen LogP contribution is -2.36. The molecule has 1 N–H and O–H groups in total. The van der Waals surface area contributed by atoms with Crippen molar-refractivity contribution >= 4 is 5.78 Å². The summed E-state index contributed by atoms with van der Waals surface area (Å²) in [6.45, 7) is 5.47. The van der Waals surface area contributed by atoms with E-state index in [1.807, 2.05) is 18.2 Å². The molecule has 0 amide bonds. The number of aliphatic hydroxyl groups excluding tert-OH is 1. The molecule has 124 valence electrons. The zero-order valence-corrected chi connectivity index (χ0v) is 14.2. The van der Waals surface area contributed by atoms with Crippen molar-refractivity contribution in [1.82, 2.24) is 0 Å². The highest BCUT2D eigenvalue weighted by atomic mass is 16.5. The predicted octanol–water partition coefficient (Wildman–Crippen LogP) is 4.31. The Balaban J connectivity index is 2.37. The maximum atomic E-state index is 11.5. The Labute approximate surface area is 134 Å². The van der Waals surface area contributed by atoms with Gasteiger partial charge in [-0.3, -0.25) is 4.79 Å². The summed E-state index contributed by atoms with van der Waals surface area (Å²) in [7, 11) is 0. The van der Waals surface area contributed by atoms with Gasteiger partial charge in [-0.05, 0) is 57.7 Å². The number of unbranched alkanes of at least 4 members (excludes halogenated alkanes) is 5. The van der Waals surface area contributed by atoms with Gasteiger partial charge in [-0.2, -0.15) is 0 Å². The van der Waals surface area contributed by atoms with Gasteiger partial charge in [-0.15, -0.1) is 0 Å². The molecule has 1 aromatic carbocycles. The summed E-state index contributed by atoms with van der Waals surface area (Å²) >= 11 is 0. The summed E-state index contributed by atoms with van der Waals surface area (Å²) in [5.74, 6) is 0.793. The number of hydrogen-bond acceptors (Lipinski definition) is 3. The zero-order valence-electron chi connectivity index (χ0n) is 14.2. The lowest BCUT2D eigenvalue weighted by Gasteiger charge is -2.23. The van der Waals surface area contributed by atoms with Crippen molar-refractivity contribution in [3.8, 4) is 5.75 Å². The molecule has 0 unspecified atom stereocenters. The number of Topliss-reactive ketones (excluding diaryl/α,β-unsaturated/α-hetero) is 1. The molecule has 0 saturated carbocycles. The van der Waals surface area contributed by atoms with Crippen LogP contribution in [0.25, 0.3) is 0 Å². The van der Waals surface area contributed by atoms with Gasteiger partial charge in [-0.1, -0.05) is 37.8 Å². The van der Waals surface area contributed by atoms with E-state index in [2.05, 4.69) is 6.07 Å². The quantitative estimate of drug-likeness (QED) is 0.620. The molecular weight excluding hydrogens is 276 g/mol. The number of aryl methyl sites for hydroxylation is 1. The molecular formula is C19H30O3. The van der Waals surface area contributed by atoms with E-state index >= 15 is 0 Å². The first-order chi connectivity index (χ1) is 10.5. The number of ketones is 1. The highest BCUT2D eigenvalue weighted by Crippen LogP contribution is 2.21. The zero-order chi connectivity index (χ0) is 16.4. The third-order valence-corrected chi connectivity index (χ3v) is 3.99. The monoisotopic (exact) mass is 306 g/mol. The normalized spacial score (nSPS) is 11.5. The van der Waals surface area contributed by atoms with E-state index in [0.29, 0.717) is 6.61 Å². The van der Waals surface area contributed by atoms with E-state index in [-0.39, 0.29) is 5.78 Å². The molecule has 22 heavy (non-hydrogen) atoms.